The SMILES string of the molecule is Cc1cccc(/C=C/C(=O)N(Cc2ccccc2F)C2CC2)c1. The molecular weight excluding hydrogens is 289 g/mol. The summed E-state index contributed by atoms with van der Waals surface area (Å²) in [5.74, 6) is -0.314. The molecule has 23 heavy (non-hydrogen) atoms. The second kappa shape index (κ2) is 6.78. The molecular formula is C20H20FNO. The Morgan fingerprint density at radius 1 is 1.22 bits per heavy atom. The Kier molecular flexibility index (Phi) is 4.56. The summed E-state index contributed by atoms with van der Waals surface area (Å²) in [6.45, 7) is 2.35. The van der Waals surface area contributed by atoms with Crippen LogP contribution >= 0.6 is 0 Å². The number of benzene rings is 2. The van der Waals surface area contributed by atoms with Crippen LogP contribution in [-0.4, -0.2) is 16.8 Å². The average molecular weight is 309 g/mol. The van der Waals surface area contributed by atoms with E-state index in [4.69, 9.17) is 0 Å². The molecule has 0 unspecified atom stereocenters. The first-order valence-corrected chi connectivity index (χ1v) is 7.92. The van der Waals surface area contributed by atoms with Crippen LogP contribution in [0, 0.1) is 12.7 Å². The molecule has 1 aliphatic rings. The molecule has 0 aromatic heterocycles. The summed E-state index contributed by atoms with van der Waals surface area (Å²) >= 11 is 0. The standard InChI is InChI=1S/C20H20FNO/c1-15-5-4-6-16(13-15)9-12-20(23)22(18-10-11-18)14-17-7-2-3-8-19(17)21/h2-9,12-13,18H,10-11,14H2,1H3/b12-9+. The van der Waals surface area contributed by atoms with Crippen LogP contribution in [0.2, 0.25) is 0 Å². The molecule has 2 nitrogen and oxygen atoms in total. The molecule has 2 aromatic rings. The predicted octanol–water partition coefficient (Wildman–Crippen LogP) is 4.34. The topological polar surface area (TPSA) is 20.3 Å². The molecule has 0 spiro atoms. The molecule has 3 heteroatoms. The number of halogens is 1. The third kappa shape index (κ3) is 4.07. The zero-order valence-electron chi connectivity index (χ0n) is 13.2. The van der Waals surface area contributed by atoms with Crippen molar-refractivity contribution in [2.24, 2.45) is 0 Å². The first-order chi connectivity index (χ1) is 11.1. The van der Waals surface area contributed by atoms with E-state index in [1.54, 1.807) is 29.2 Å². The average Bonchev–Trinajstić information content (AvgIpc) is 3.37. The summed E-state index contributed by atoms with van der Waals surface area (Å²) in [6.07, 6.45) is 5.41. The fourth-order valence-electron chi connectivity index (χ4n) is 2.62. The Bertz CT molecular complexity index is 734. The summed E-state index contributed by atoms with van der Waals surface area (Å²) < 4.78 is 13.8. The van der Waals surface area contributed by atoms with Crippen LogP contribution in [0.3, 0.4) is 0 Å². The number of hydrogen-bond donors (Lipinski definition) is 0. The second-order valence-corrected chi connectivity index (χ2v) is 6.04. The Hall–Kier alpha value is -2.42. The van der Waals surface area contributed by atoms with Crippen LogP contribution in [0.5, 0.6) is 0 Å². The molecule has 1 aliphatic carbocycles. The number of rotatable bonds is 5. The van der Waals surface area contributed by atoms with Gasteiger partial charge in [0, 0.05) is 24.2 Å². The van der Waals surface area contributed by atoms with E-state index < -0.39 is 0 Å². The van der Waals surface area contributed by atoms with Gasteiger partial charge in [-0.25, -0.2) is 4.39 Å². The fourth-order valence-corrected chi connectivity index (χ4v) is 2.62. The normalized spacial score (nSPS) is 14.2. The van der Waals surface area contributed by atoms with Gasteiger partial charge in [0.15, 0.2) is 0 Å². The Balaban J connectivity index is 1.73. The van der Waals surface area contributed by atoms with E-state index in [-0.39, 0.29) is 17.8 Å². The van der Waals surface area contributed by atoms with E-state index in [2.05, 4.69) is 0 Å². The van der Waals surface area contributed by atoms with Crippen LogP contribution in [0.4, 0.5) is 4.39 Å². The maximum absolute atomic E-state index is 13.8. The van der Waals surface area contributed by atoms with Crippen molar-refractivity contribution in [3.8, 4) is 0 Å². The van der Waals surface area contributed by atoms with Crippen LogP contribution in [0.1, 0.15) is 29.5 Å². The molecule has 0 radical (unpaired) electrons. The summed E-state index contributed by atoms with van der Waals surface area (Å²) in [4.78, 5) is 14.3. The number of aryl methyl sites for hydroxylation is 1. The van der Waals surface area contributed by atoms with Gasteiger partial charge < -0.3 is 4.90 Å². The van der Waals surface area contributed by atoms with E-state index in [0.717, 1.165) is 24.0 Å². The number of amides is 1. The van der Waals surface area contributed by atoms with Crippen molar-refractivity contribution in [2.45, 2.75) is 32.4 Å². The molecule has 2 aromatic carbocycles. The van der Waals surface area contributed by atoms with Gasteiger partial charge in [-0.3, -0.25) is 4.79 Å². The molecule has 1 amide bonds. The lowest BCUT2D eigenvalue weighted by Gasteiger charge is -2.21. The summed E-state index contributed by atoms with van der Waals surface area (Å²) in [6, 6.07) is 14.9. The summed E-state index contributed by atoms with van der Waals surface area (Å²) in [5, 5.41) is 0. The highest BCUT2D eigenvalue weighted by Gasteiger charge is 2.31. The molecule has 0 bridgehead atoms. The lowest BCUT2D eigenvalue weighted by atomic mass is 10.1. The van der Waals surface area contributed by atoms with Gasteiger partial charge in [0.1, 0.15) is 5.82 Å². The van der Waals surface area contributed by atoms with Gasteiger partial charge in [0.25, 0.3) is 0 Å². The van der Waals surface area contributed by atoms with E-state index in [1.807, 2.05) is 37.3 Å². The van der Waals surface area contributed by atoms with Crippen molar-refractivity contribution >= 4 is 12.0 Å². The Morgan fingerprint density at radius 3 is 2.70 bits per heavy atom. The molecule has 0 N–H and O–H groups in total. The van der Waals surface area contributed by atoms with Gasteiger partial charge in [0.2, 0.25) is 5.91 Å². The van der Waals surface area contributed by atoms with E-state index >= 15 is 0 Å². The van der Waals surface area contributed by atoms with Crippen molar-refractivity contribution in [3.63, 3.8) is 0 Å². The molecule has 3 rings (SSSR count). The van der Waals surface area contributed by atoms with Gasteiger partial charge in [0.05, 0.1) is 0 Å². The molecule has 1 fully saturated rings. The number of carbonyl (C=O) groups is 1. The summed E-state index contributed by atoms with van der Waals surface area (Å²) in [7, 11) is 0. The minimum absolute atomic E-state index is 0.0581. The highest BCUT2D eigenvalue weighted by Crippen LogP contribution is 2.29. The lowest BCUT2D eigenvalue weighted by molar-refractivity contribution is -0.127. The van der Waals surface area contributed by atoms with Gasteiger partial charge >= 0.3 is 0 Å². The molecule has 0 aliphatic heterocycles. The lowest BCUT2D eigenvalue weighted by Crippen LogP contribution is -2.31. The first kappa shape index (κ1) is 15.5. The first-order valence-electron chi connectivity index (χ1n) is 7.92. The number of hydrogen-bond acceptors (Lipinski definition) is 1. The quantitative estimate of drug-likeness (QED) is 0.752. The van der Waals surface area contributed by atoms with Crippen molar-refractivity contribution in [3.05, 3.63) is 77.1 Å². The highest BCUT2D eigenvalue weighted by atomic mass is 19.1. The largest absolute Gasteiger partial charge is 0.332 e. The van der Waals surface area contributed by atoms with Crippen molar-refractivity contribution in [1.82, 2.24) is 4.90 Å². The molecule has 118 valence electrons. The smallest absolute Gasteiger partial charge is 0.247 e. The maximum Gasteiger partial charge on any atom is 0.247 e. The highest BCUT2D eigenvalue weighted by molar-refractivity contribution is 5.92. The van der Waals surface area contributed by atoms with Gasteiger partial charge in [-0.1, -0.05) is 48.0 Å². The molecule has 0 heterocycles. The summed E-state index contributed by atoms with van der Waals surface area (Å²) in [5.41, 5.74) is 2.72. The maximum atomic E-state index is 13.8. The van der Waals surface area contributed by atoms with Gasteiger partial charge in [-0.05, 0) is 37.5 Å². The van der Waals surface area contributed by atoms with Crippen molar-refractivity contribution in [1.29, 1.82) is 0 Å². The van der Waals surface area contributed by atoms with Crippen LogP contribution in [0.15, 0.2) is 54.6 Å². The molecule has 0 atom stereocenters. The third-order valence-electron chi connectivity index (χ3n) is 4.03. The van der Waals surface area contributed by atoms with E-state index in [9.17, 15) is 9.18 Å². The van der Waals surface area contributed by atoms with Crippen LogP contribution in [0.25, 0.3) is 6.08 Å². The monoisotopic (exact) mass is 309 g/mol. The number of nitrogens with zero attached hydrogens (tertiary/aromatic N) is 1. The van der Waals surface area contributed by atoms with Crippen LogP contribution in [-0.2, 0) is 11.3 Å². The second-order valence-electron chi connectivity index (χ2n) is 6.04. The predicted molar refractivity (Wildman–Crippen MR) is 90.2 cm³/mol. The van der Waals surface area contributed by atoms with E-state index in [1.165, 1.54) is 6.07 Å². The number of carbonyl (C=O) groups excluding carboxylic acids is 1. The van der Waals surface area contributed by atoms with Crippen molar-refractivity contribution < 1.29 is 9.18 Å². The van der Waals surface area contributed by atoms with Crippen LogP contribution < -0.4 is 0 Å². The minimum atomic E-state index is -0.256. The minimum Gasteiger partial charge on any atom is -0.332 e. The molecule has 0 saturated heterocycles. The zero-order valence-corrected chi connectivity index (χ0v) is 13.2. The third-order valence-corrected chi connectivity index (χ3v) is 4.03. The van der Waals surface area contributed by atoms with E-state index in [0.29, 0.717) is 12.1 Å². The van der Waals surface area contributed by atoms with Crippen molar-refractivity contribution in [2.75, 3.05) is 0 Å². The molecule has 1 saturated carbocycles. The zero-order chi connectivity index (χ0) is 16.2. The fraction of sp³-hybridized carbons (Fsp3) is 0.250. The Labute approximate surface area is 136 Å². The van der Waals surface area contributed by atoms with Gasteiger partial charge in [-0.15, -0.1) is 0 Å². The van der Waals surface area contributed by atoms with Gasteiger partial charge in [-0.2, -0.15) is 0 Å². The Morgan fingerprint density at radius 2 is 2.00 bits per heavy atom.